The van der Waals surface area contributed by atoms with E-state index >= 15 is 0 Å². The first-order valence-electron chi connectivity index (χ1n) is 5.57. The minimum absolute atomic E-state index is 0.0124. The highest BCUT2D eigenvalue weighted by Gasteiger charge is 2.19. The molecule has 0 aliphatic carbocycles. The molecule has 0 aliphatic rings. The number of nitrogens with two attached hydrogens (primary N) is 1. The topological polar surface area (TPSA) is 89.3 Å². The fourth-order valence-corrected chi connectivity index (χ4v) is 3.16. The second-order valence-corrected chi connectivity index (χ2v) is 6.04. The molecule has 0 aromatic heterocycles. The van der Waals surface area contributed by atoms with Crippen LogP contribution in [0.2, 0.25) is 5.02 Å². The molecule has 0 radical (unpaired) electrons. The van der Waals surface area contributed by atoms with Gasteiger partial charge in [-0.3, -0.25) is 9.52 Å². The molecule has 2 rings (SSSR count). The van der Waals surface area contributed by atoms with Gasteiger partial charge in [0.1, 0.15) is 4.90 Å². The molecule has 1 amide bonds. The number of hydrogen-bond acceptors (Lipinski definition) is 3. The van der Waals surface area contributed by atoms with Crippen molar-refractivity contribution < 1.29 is 13.2 Å². The second kappa shape index (κ2) is 5.52. The summed E-state index contributed by atoms with van der Waals surface area (Å²) in [6.45, 7) is 0. The number of amides is 1. The van der Waals surface area contributed by atoms with Crippen molar-refractivity contribution in [2.45, 2.75) is 4.90 Å². The summed E-state index contributed by atoms with van der Waals surface area (Å²) in [5.74, 6) is -0.724. The van der Waals surface area contributed by atoms with Gasteiger partial charge in [-0.2, -0.15) is 0 Å². The summed E-state index contributed by atoms with van der Waals surface area (Å²) in [4.78, 5) is 10.9. The normalized spacial score (nSPS) is 11.1. The number of rotatable bonds is 4. The number of carbonyl (C=O) groups excluding carboxylic acids is 1. The smallest absolute Gasteiger partial charge is 0.263 e. The van der Waals surface area contributed by atoms with Gasteiger partial charge in [0.2, 0.25) is 5.91 Å². The molecule has 0 spiro atoms. The van der Waals surface area contributed by atoms with E-state index in [0.717, 1.165) is 6.07 Å². The Kier molecular flexibility index (Phi) is 3.96. The van der Waals surface area contributed by atoms with Crippen LogP contribution in [0.25, 0.3) is 0 Å². The van der Waals surface area contributed by atoms with E-state index in [4.69, 9.17) is 17.3 Å². The van der Waals surface area contributed by atoms with Crippen LogP contribution in [-0.2, 0) is 10.0 Å². The molecule has 2 aromatic rings. The molecule has 0 saturated carbocycles. The van der Waals surface area contributed by atoms with E-state index in [-0.39, 0.29) is 15.5 Å². The molecular weight excluding hydrogens is 300 g/mol. The van der Waals surface area contributed by atoms with E-state index in [9.17, 15) is 13.2 Å². The molecule has 3 N–H and O–H groups in total. The highest BCUT2D eigenvalue weighted by atomic mass is 35.5. The molecule has 0 saturated heterocycles. The lowest BCUT2D eigenvalue weighted by Gasteiger charge is -2.10. The summed E-state index contributed by atoms with van der Waals surface area (Å²) >= 11 is 5.88. The maximum Gasteiger partial charge on any atom is 0.263 e. The van der Waals surface area contributed by atoms with Crippen molar-refractivity contribution in [2.24, 2.45) is 5.73 Å². The number of nitrogens with one attached hydrogen (secondary N) is 1. The van der Waals surface area contributed by atoms with Crippen molar-refractivity contribution in [3.63, 3.8) is 0 Å². The molecule has 0 unspecified atom stereocenters. The van der Waals surface area contributed by atoms with Crippen molar-refractivity contribution in [3.05, 3.63) is 59.1 Å². The Morgan fingerprint density at radius 2 is 1.75 bits per heavy atom. The number of halogens is 1. The zero-order valence-corrected chi connectivity index (χ0v) is 11.8. The Morgan fingerprint density at radius 1 is 1.10 bits per heavy atom. The van der Waals surface area contributed by atoms with E-state index in [1.165, 1.54) is 12.1 Å². The van der Waals surface area contributed by atoms with Crippen LogP contribution < -0.4 is 10.5 Å². The lowest BCUT2D eigenvalue weighted by molar-refractivity contribution is 0.1000. The highest BCUT2D eigenvalue weighted by Crippen LogP contribution is 2.24. The van der Waals surface area contributed by atoms with Gasteiger partial charge in [0, 0.05) is 11.3 Å². The SMILES string of the molecule is NC(=O)c1ccc(Cl)c(S(=O)(=O)Nc2ccccc2)c1. The van der Waals surface area contributed by atoms with Gasteiger partial charge in [0.25, 0.3) is 10.0 Å². The molecule has 5 nitrogen and oxygen atoms in total. The first-order valence-corrected chi connectivity index (χ1v) is 7.43. The predicted molar refractivity (Wildman–Crippen MR) is 77.2 cm³/mol. The van der Waals surface area contributed by atoms with Gasteiger partial charge < -0.3 is 5.73 Å². The maximum absolute atomic E-state index is 12.2. The molecule has 7 heteroatoms. The summed E-state index contributed by atoms with van der Waals surface area (Å²) in [6.07, 6.45) is 0. The van der Waals surface area contributed by atoms with Crippen molar-refractivity contribution >= 4 is 33.2 Å². The van der Waals surface area contributed by atoms with E-state index in [1.54, 1.807) is 30.3 Å². The van der Waals surface area contributed by atoms with Crippen molar-refractivity contribution in [1.29, 1.82) is 0 Å². The number of sulfonamides is 1. The Bertz CT molecular complexity index is 745. The van der Waals surface area contributed by atoms with Crippen LogP contribution in [0.4, 0.5) is 5.69 Å². The monoisotopic (exact) mass is 310 g/mol. The Labute approximate surface area is 121 Å². The zero-order chi connectivity index (χ0) is 14.8. The van der Waals surface area contributed by atoms with Crippen LogP contribution in [0.3, 0.4) is 0 Å². The molecule has 0 bridgehead atoms. The van der Waals surface area contributed by atoms with Gasteiger partial charge >= 0.3 is 0 Å². The van der Waals surface area contributed by atoms with E-state index in [0.29, 0.717) is 5.69 Å². The summed E-state index contributed by atoms with van der Waals surface area (Å²) in [7, 11) is -3.89. The minimum atomic E-state index is -3.89. The van der Waals surface area contributed by atoms with Crippen LogP contribution in [0.1, 0.15) is 10.4 Å². The predicted octanol–water partition coefficient (Wildman–Crippen LogP) is 2.24. The summed E-state index contributed by atoms with van der Waals surface area (Å²) in [5, 5.41) is 0.0124. The molecule has 104 valence electrons. The Hall–Kier alpha value is -2.05. The van der Waals surface area contributed by atoms with Crippen LogP contribution >= 0.6 is 11.6 Å². The average molecular weight is 311 g/mol. The lowest BCUT2D eigenvalue weighted by atomic mass is 10.2. The fourth-order valence-electron chi connectivity index (χ4n) is 1.58. The minimum Gasteiger partial charge on any atom is -0.366 e. The van der Waals surface area contributed by atoms with Gasteiger partial charge in [-0.15, -0.1) is 0 Å². The third-order valence-corrected chi connectivity index (χ3v) is 4.39. The quantitative estimate of drug-likeness (QED) is 0.907. The van der Waals surface area contributed by atoms with Gasteiger partial charge in [0.15, 0.2) is 0 Å². The van der Waals surface area contributed by atoms with Gasteiger partial charge in [0.05, 0.1) is 5.02 Å². The van der Waals surface area contributed by atoms with Crippen molar-refractivity contribution in [1.82, 2.24) is 0 Å². The molecule has 0 heterocycles. The van der Waals surface area contributed by atoms with E-state index in [1.807, 2.05) is 0 Å². The van der Waals surface area contributed by atoms with Crippen LogP contribution in [0.5, 0.6) is 0 Å². The molecule has 0 aliphatic heterocycles. The first-order chi connectivity index (χ1) is 9.40. The number of hydrogen-bond donors (Lipinski definition) is 2. The van der Waals surface area contributed by atoms with Gasteiger partial charge in [-0.05, 0) is 30.3 Å². The maximum atomic E-state index is 12.2. The summed E-state index contributed by atoms with van der Waals surface area (Å²) < 4.78 is 26.9. The van der Waals surface area contributed by atoms with E-state index in [2.05, 4.69) is 4.72 Å². The number of carbonyl (C=O) groups is 1. The van der Waals surface area contributed by atoms with Gasteiger partial charge in [-0.1, -0.05) is 29.8 Å². The van der Waals surface area contributed by atoms with Crippen LogP contribution in [0.15, 0.2) is 53.4 Å². The third kappa shape index (κ3) is 3.09. The molecule has 2 aromatic carbocycles. The van der Waals surface area contributed by atoms with Gasteiger partial charge in [-0.25, -0.2) is 8.42 Å². The fraction of sp³-hybridized carbons (Fsp3) is 0. The first kappa shape index (κ1) is 14.4. The van der Waals surface area contributed by atoms with Crippen molar-refractivity contribution in [3.8, 4) is 0 Å². The van der Waals surface area contributed by atoms with Crippen molar-refractivity contribution in [2.75, 3.05) is 4.72 Å². The summed E-state index contributed by atoms with van der Waals surface area (Å²) in [6, 6.07) is 12.2. The lowest BCUT2D eigenvalue weighted by Crippen LogP contribution is -2.16. The van der Waals surface area contributed by atoms with Crippen LogP contribution in [0, 0.1) is 0 Å². The number of anilines is 1. The highest BCUT2D eigenvalue weighted by molar-refractivity contribution is 7.92. The number of primary amides is 1. The zero-order valence-electron chi connectivity index (χ0n) is 10.2. The molecule has 20 heavy (non-hydrogen) atoms. The second-order valence-electron chi connectivity index (χ2n) is 3.98. The van der Waals surface area contributed by atoms with Crippen LogP contribution in [-0.4, -0.2) is 14.3 Å². The third-order valence-electron chi connectivity index (χ3n) is 2.53. The largest absolute Gasteiger partial charge is 0.366 e. The average Bonchev–Trinajstić information content (AvgIpc) is 2.39. The Balaban J connectivity index is 2.44. The molecular formula is C13H11ClN2O3S. The number of benzene rings is 2. The standard InChI is InChI=1S/C13H11ClN2O3S/c14-11-7-6-9(13(15)17)8-12(11)20(18,19)16-10-4-2-1-3-5-10/h1-8,16H,(H2,15,17). The summed E-state index contributed by atoms with van der Waals surface area (Å²) in [5.41, 5.74) is 5.60. The Morgan fingerprint density at radius 3 is 2.35 bits per heavy atom. The van der Waals surface area contributed by atoms with E-state index < -0.39 is 15.9 Å². The molecule has 0 fully saturated rings. The number of para-hydroxylation sites is 1. The molecule has 0 atom stereocenters.